The van der Waals surface area contributed by atoms with Crippen LogP contribution in [0.4, 0.5) is 5.69 Å². The van der Waals surface area contributed by atoms with Gasteiger partial charge in [0.25, 0.3) is 0 Å². The number of nitrogens with one attached hydrogen (secondary N) is 1. The van der Waals surface area contributed by atoms with Crippen LogP contribution in [0.3, 0.4) is 0 Å². The van der Waals surface area contributed by atoms with Gasteiger partial charge in [-0.05, 0) is 50.2 Å². The largest absolute Gasteiger partial charge is 0.371 e. The van der Waals surface area contributed by atoms with Crippen LogP contribution in [-0.2, 0) is 6.54 Å². The van der Waals surface area contributed by atoms with Gasteiger partial charge in [-0.2, -0.15) is 0 Å². The van der Waals surface area contributed by atoms with E-state index in [4.69, 9.17) is 0 Å². The second-order valence-electron chi connectivity index (χ2n) is 6.89. The van der Waals surface area contributed by atoms with Crippen LogP contribution in [0.2, 0.25) is 0 Å². The molecule has 0 radical (unpaired) electrons. The van der Waals surface area contributed by atoms with E-state index in [2.05, 4.69) is 41.4 Å². The van der Waals surface area contributed by atoms with Crippen molar-refractivity contribution in [3.05, 3.63) is 29.8 Å². The summed E-state index contributed by atoms with van der Waals surface area (Å²) in [5, 5.41) is 3.81. The van der Waals surface area contributed by atoms with Crippen molar-refractivity contribution in [3.63, 3.8) is 0 Å². The number of para-hydroxylation sites is 1. The number of nitrogens with zero attached hydrogens (tertiary/aromatic N) is 1. The van der Waals surface area contributed by atoms with Crippen LogP contribution in [0.5, 0.6) is 0 Å². The van der Waals surface area contributed by atoms with E-state index in [1.165, 1.54) is 69.3 Å². The van der Waals surface area contributed by atoms with E-state index in [9.17, 15) is 0 Å². The van der Waals surface area contributed by atoms with Crippen LogP contribution in [0.1, 0.15) is 57.4 Å². The Labute approximate surface area is 129 Å². The molecule has 21 heavy (non-hydrogen) atoms. The molecule has 1 saturated carbocycles. The second-order valence-corrected chi connectivity index (χ2v) is 6.89. The first-order valence-electron chi connectivity index (χ1n) is 8.91. The first-order valence-corrected chi connectivity index (χ1v) is 8.91. The Morgan fingerprint density at radius 2 is 1.76 bits per heavy atom. The summed E-state index contributed by atoms with van der Waals surface area (Å²) in [6.07, 6.45) is 9.84. The van der Waals surface area contributed by atoms with Crippen LogP contribution >= 0.6 is 0 Å². The van der Waals surface area contributed by atoms with Crippen LogP contribution in [0.25, 0.3) is 0 Å². The van der Waals surface area contributed by atoms with Gasteiger partial charge in [0.15, 0.2) is 0 Å². The second kappa shape index (κ2) is 7.31. The van der Waals surface area contributed by atoms with E-state index >= 15 is 0 Å². The predicted octanol–water partition coefficient (Wildman–Crippen LogP) is 4.35. The average molecular weight is 286 g/mol. The lowest BCUT2D eigenvalue weighted by atomic mass is 9.84. The summed E-state index contributed by atoms with van der Waals surface area (Å²) in [7, 11) is 0. The van der Waals surface area contributed by atoms with Crippen molar-refractivity contribution in [1.29, 1.82) is 0 Å². The molecule has 1 aromatic carbocycles. The van der Waals surface area contributed by atoms with Gasteiger partial charge in [0, 0.05) is 31.4 Å². The van der Waals surface area contributed by atoms with Crippen molar-refractivity contribution in [2.45, 2.75) is 64.5 Å². The number of rotatable bonds is 5. The Morgan fingerprint density at radius 1 is 1.05 bits per heavy atom. The molecule has 1 unspecified atom stereocenters. The number of benzene rings is 1. The molecule has 1 saturated heterocycles. The molecular formula is C19H30N2. The summed E-state index contributed by atoms with van der Waals surface area (Å²) in [6.45, 7) is 5.86. The third-order valence-corrected chi connectivity index (χ3v) is 5.41. The third-order valence-electron chi connectivity index (χ3n) is 5.41. The van der Waals surface area contributed by atoms with Gasteiger partial charge in [0.1, 0.15) is 0 Å². The van der Waals surface area contributed by atoms with Gasteiger partial charge < -0.3 is 10.2 Å². The number of hydrogen-bond donors (Lipinski definition) is 1. The topological polar surface area (TPSA) is 15.3 Å². The Bertz CT molecular complexity index is 431. The minimum Gasteiger partial charge on any atom is -0.371 e. The van der Waals surface area contributed by atoms with E-state index in [1.807, 2.05) is 0 Å². The quantitative estimate of drug-likeness (QED) is 0.866. The molecule has 2 nitrogen and oxygen atoms in total. The van der Waals surface area contributed by atoms with Crippen molar-refractivity contribution in [1.82, 2.24) is 5.32 Å². The molecule has 116 valence electrons. The van der Waals surface area contributed by atoms with Gasteiger partial charge in [0.2, 0.25) is 0 Å². The van der Waals surface area contributed by atoms with Crippen molar-refractivity contribution in [2.75, 3.05) is 18.0 Å². The highest BCUT2D eigenvalue weighted by Crippen LogP contribution is 2.28. The van der Waals surface area contributed by atoms with Crippen molar-refractivity contribution in [2.24, 2.45) is 5.92 Å². The summed E-state index contributed by atoms with van der Waals surface area (Å²) in [5.41, 5.74) is 2.93. The molecule has 0 spiro atoms. The van der Waals surface area contributed by atoms with Crippen LogP contribution in [0, 0.1) is 5.92 Å². The molecule has 0 aromatic heterocycles. The zero-order valence-corrected chi connectivity index (χ0v) is 13.5. The fraction of sp³-hybridized carbons (Fsp3) is 0.684. The first kappa shape index (κ1) is 14.9. The maximum Gasteiger partial charge on any atom is 0.0411 e. The molecule has 1 atom stereocenters. The molecule has 1 heterocycles. The molecule has 2 fully saturated rings. The van der Waals surface area contributed by atoms with Crippen LogP contribution in [-0.4, -0.2) is 19.1 Å². The molecule has 0 amide bonds. The van der Waals surface area contributed by atoms with Crippen molar-refractivity contribution >= 4 is 5.69 Å². The minimum absolute atomic E-state index is 0.650. The van der Waals surface area contributed by atoms with Crippen molar-refractivity contribution in [3.8, 4) is 0 Å². The van der Waals surface area contributed by atoms with E-state index in [0.29, 0.717) is 6.04 Å². The Morgan fingerprint density at radius 3 is 2.52 bits per heavy atom. The van der Waals surface area contributed by atoms with Gasteiger partial charge >= 0.3 is 0 Å². The highest BCUT2D eigenvalue weighted by Gasteiger charge is 2.20. The highest BCUT2D eigenvalue weighted by molar-refractivity contribution is 5.54. The summed E-state index contributed by atoms with van der Waals surface area (Å²) >= 11 is 0. The molecule has 3 rings (SSSR count). The van der Waals surface area contributed by atoms with Crippen LogP contribution < -0.4 is 10.2 Å². The lowest BCUT2D eigenvalue weighted by Gasteiger charge is -2.29. The van der Waals surface area contributed by atoms with Crippen LogP contribution in [0.15, 0.2) is 24.3 Å². The maximum absolute atomic E-state index is 3.81. The molecule has 1 aliphatic heterocycles. The fourth-order valence-electron chi connectivity index (χ4n) is 4.00. The Balaban J connectivity index is 1.59. The lowest BCUT2D eigenvalue weighted by Crippen LogP contribution is -2.34. The van der Waals surface area contributed by atoms with E-state index in [0.717, 1.165) is 12.5 Å². The molecule has 1 aliphatic carbocycles. The molecular weight excluding hydrogens is 256 g/mol. The monoisotopic (exact) mass is 286 g/mol. The molecule has 2 heteroatoms. The first-order chi connectivity index (χ1) is 10.3. The normalized spacial score (nSPS) is 21.7. The van der Waals surface area contributed by atoms with Crippen molar-refractivity contribution < 1.29 is 0 Å². The van der Waals surface area contributed by atoms with Gasteiger partial charge in [0.05, 0.1) is 0 Å². The Kier molecular flexibility index (Phi) is 5.18. The third kappa shape index (κ3) is 3.79. The summed E-state index contributed by atoms with van der Waals surface area (Å²) < 4.78 is 0. The smallest absolute Gasteiger partial charge is 0.0411 e. The number of anilines is 1. The number of hydrogen-bond acceptors (Lipinski definition) is 2. The van der Waals surface area contributed by atoms with E-state index in [1.54, 1.807) is 0 Å². The van der Waals surface area contributed by atoms with E-state index in [-0.39, 0.29) is 0 Å². The molecule has 1 N–H and O–H groups in total. The van der Waals surface area contributed by atoms with E-state index < -0.39 is 0 Å². The zero-order valence-electron chi connectivity index (χ0n) is 13.5. The van der Waals surface area contributed by atoms with Gasteiger partial charge in [-0.25, -0.2) is 0 Å². The SMILES string of the molecule is CC(NCc1ccccc1N1CCCC1)C1CCCCC1. The standard InChI is InChI=1S/C19H30N2/c1-16(17-9-3-2-4-10-17)20-15-18-11-5-6-12-19(18)21-13-7-8-14-21/h5-6,11-12,16-17,20H,2-4,7-10,13-15H2,1H3. The highest BCUT2D eigenvalue weighted by atomic mass is 15.1. The predicted molar refractivity (Wildman–Crippen MR) is 90.8 cm³/mol. The van der Waals surface area contributed by atoms with Gasteiger partial charge in [-0.3, -0.25) is 0 Å². The van der Waals surface area contributed by atoms with Gasteiger partial charge in [-0.15, -0.1) is 0 Å². The summed E-state index contributed by atoms with van der Waals surface area (Å²) in [6, 6.07) is 9.61. The molecule has 1 aromatic rings. The molecule has 0 bridgehead atoms. The van der Waals surface area contributed by atoms with Gasteiger partial charge in [-0.1, -0.05) is 37.5 Å². The fourth-order valence-corrected chi connectivity index (χ4v) is 4.00. The Hall–Kier alpha value is -1.02. The summed E-state index contributed by atoms with van der Waals surface area (Å²) in [5.74, 6) is 0.887. The molecule has 2 aliphatic rings. The summed E-state index contributed by atoms with van der Waals surface area (Å²) in [4.78, 5) is 2.56. The average Bonchev–Trinajstić information content (AvgIpc) is 3.08. The minimum atomic E-state index is 0.650. The maximum atomic E-state index is 3.81. The lowest BCUT2D eigenvalue weighted by molar-refractivity contribution is 0.280. The zero-order chi connectivity index (χ0) is 14.5.